The average molecular weight is 352 g/mol. The van der Waals surface area contributed by atoms with Crippen LogP contribution in [0.3, 0.4) is 0 Å². The van der Waals surface area contributed by atoms with E-state index in [4.69, 9.17) is 4.74 Å². The first-order valence-electron chi connectivity index (χ1n) is 8.05. The molecule has 1 unspecified atom stereocenters. The minimum atomic E-state index is -0.698. The lowest BCUT2D eigenvalue weighted by Crippen LogP contribution is -2.25. The highest BCUT2D eigenvalue weighted by atomic mass is 16.5. The number of imidazole rings is 1. The molecule has 0 bridgehead atoms. The maximum absolute atomic E-state index is 12.5. The molecular weight excluding hydrogens is 336 g/mol. The highest BCUT2D eigenvalue weighted by molar-refractivity contribution is 6.06. The third-order valence-corrected chi connectivity index (χ3v) is 4.03. The Labute approximate surface area is 148 Å². The lowest BCUT2D eigenvalue weighted by atomic mass is 10.1. The molecule has 0 fully saturated rings. The van der Waals surface area contributed by atoms with Gasteiger partial charge in [-0.15, -0.1) is 0 Å². The largest absolute Gasteiger partial charge is 0.482 e. The standard InChI is InChI=1S/C18H16N4O4/c1-9(23)17-21-12-5-3-11(7-14(12)22-17)19-18(25)10-2-4-13-15(6-10)26-8-16(24)20-13/h2-7,9,23H,8H2,1H3,(H,19,25)(H,20,24)(H,21,22). The van der Waals surface area contributed by atoms with E-state index in [0.29, 0.717) is 34.0 Å². The summed E-state index contributed by atoms with van der Waals surface area (Å²) in [6.07, 6.45) is -0.698. The van der Waals surface area contributed by atoms with Crippen LogP contribution in [0.25, 0.3) is 11.0 Å². The number of carbonyl (C=O) groups is 2. The van der Waals surface area contributed by atoms with Crippen molar-refractivity contribution in [3.8, 4) is 5.75 Å². The molecule has 0 saturated carbocycles. The van der Waals surface area contributed by atoms with Crippen molar-refractivity contribution in [1.82, 2.24) is 9.97 Å². The molecule has 8 nitrogen and oxygen atoms in total. The number of hydrogen-bond acceptors (Lipinski definition) is 5. The highest BCUT2D eigenvalue weighted by Crippen LogP contribution is 2.29. The zero-order chi connectivity index (χ0) is 18.3. The van der Waals surface area contributed by atoms with Crippen LogP contribution < -0.4 is 15.4 Å². The molecule has 132 valence electrons. The van der Waals surface area contributed by atoms with Gasteiger partial charge in [0.2, 0.25) is 0 Å². The maximum atomic E-state index is 12.5. The van der Waals surface area contributed by atoms with Crippen LogP contribution in [-0.2, 0) is 4.79 Å². The molecule has 1 atom stereocenters. The quantitative estimate of drug-likeness (QED) is 0.577. The Morgan fingerprint density at radius 1 is 1.31 bits per heavy atom. The fourth-order valence-corrected chi connectivity index (χ4v) is 2.72. The molecule has 1 aromatic heterocycles. The summed E-state index contributed by atoms with van der Waals surface area (Å²) in [6, 6.07) is 10.1. The maximum Gasteiger partial charge on any atom is 0.262 e. The second kappa shape index (κ2) is 6.16. The zero-order valence-electron chi connectivity index (χ0n) is 13.9. The Kier molecular flexibility index (Phi) is 3.81. The first-order valence-corrected chi connectivity index (χ1v) is 8.05. The van der Waals surface area contributed by atoms with Gasteiger partial charge in [-0.1, -0.05) is 0 Å². The van der Waals surface area contributed by atoms with E-state index in [1.807, 2.05) is 0 Å². The number of aliphatic hydroxyl groups excluding tert-OH is 1. The van der Waals surface area contributed by atoms with Crippen molar-refractivity contribution in [2.75, 3.05) is 17.2 Å². The number of nitrogens with one attached hydrogen (secondary N) is 3. The molecule has 8 heteroatoms. The Balaban J connectivity index is 1.56. The summed E-state index contributed by atoms with van der Waals surface area (Å²) < 4.78 is 5.33. The number of carbonyl (C=O) groups excluding carboxylic acids is 2. The summed E-state index contributed by atoms with van der Waals surface area (Å²) in [5.41, 5.74) is 2.97. The third-order valence-electron chi connectivity index (χ3n) is 4.03. The SMILES string of the molecule is CC(O)c1nc2ccc(NC(=O)c3ccc4c(c3)OCC(=O)N4)cc2[nH]1. The first kappa shape index (κ1) is 16.1. The predicted octanol–water partition coefficient (Wildman–Crippen LogP) is 2.20. The molecule has 0 spiro atoms. The second-order valence-electron chi connectivity index (χ2n) is 6.03. The first-order chi connectivity index (χ1) is 12.5. The normalized spacial score (nSPS) is 14.3. The summed E-state index contributed by atoms with van der Waals surface area (Å²) in [6.45, 7) is 1.56. The van der Waals surface area contributed by atoms with Crippen LogP contribution >= 0.6 is 0 Å². The van der Waals surface area contributed by atoms with Gasteiger partial charge in [0.15, 0.2) is 6.61 Å². The van der Waals surface area contributed by atoms with Crippen molar-refractivity contribution in [2.45, 2.75) is 13.0 Å². The van der Waals surface area contributed by atoms with Crippen molar-refractivity contribution in [2.24, 2.45) is 0 Å². The number of H-pyrrole nitrogens is 1. The van der Waals surface area contributed by atoms with Crippen LogP contribution in [0.5, 0.6) is 5.75 Å². The van der Waals surface area contributed by atoms with E-state index in [-0.39, 0.29) is 18.4 Å². The molecule has 0 saturated heterocycles. The molecule has 2 amide bonds. The van der Waals surface area contributed by atoms with E-state index in [1.54, 1.807) is 43.3 Å². The molecule has 0 radical (unpaired) electrons. The molecule has 4 rings (SSSR count). The number of amides is 2. The second-order valence-corrected chi connectivity index (χ2v) is 6.03. The summed E-state index contributed by atoms with van der Waals surface area (Å²) in [4.78, 5) is 31.1. The number of aliphatic hydroxyl groups is 1. The van der Waals surface area contributed by atoms with Gasteiger partial charge in [0.05, 0.1) is 16.7 Å². The lowest BCUT2D eigenvalue weighted by molar-refractivity contribution is -0.118. The monoisotopic (exact) mass is 352 g/mol. The highest BCUT2D eigenvalue weighted by Gasteiger charge is 2.18. The van der Waals surface area contributed by atoms with E-state index in [2.05, 4.69) is 20.6 Å². The van der Waals surface area contributed by atoms with Crippen molar-refractivity contribution >= 4 is 34.2 Å². The van der Waals surface area contributed by atoms with Crippen LogP contribution in [0.15, 0.2) is 36.4 Å². The summed E-state index contributed by atoms with van der Waals surface area (Å²) in [7, 11) is 0. The number of aromatic nitrogens is 2. The smallest absolute Gasteiger partial charge is 0.262 e. The third kappa shape index (κ3) is 2.98. The molecule has 1 aliphatic rings. The van der Waals surface area contributed by atoms with Crippen molar-refractivity contribution < 1.29 is 19.4 Å². The number of aromatic amines is 1. The van der Waals surface area contributed by atoms with Gasteiger partial charge in [0.1, 0.15) is 17.7 Å². The molecule has 3 aromatic rings. The van der Waals surface area contributed by atoms with Gasteiger partial charge in [-0.2, -0.15) is 0 Å². The minimum absolute atomic E-state index is 0.0693. The fourth-order valence-electron chi connectivity index (χ4n) is 2.72. The number of anilines is 2. The van der Waals surface area contributed by atoms with E-state index < -0.39 is 6.10 Å². The van der Waals surface area contributed by atoms with Crippen LogP contribution in [0.1, 0.15) is 29.2 Å². The Morgan fingerprint density at radius 3 is 2.96 bits per heavy atom. The number of fused-ring (bicyclic) bond motifs is 2. The molecule has 2 aromatic carbocycles. The van der Waals surface area contributed by atoms with Crippen LogP contribution in [0.4, 0.5) is 11.4 Å². The van der Waals surface area contributed by atoms with Gasteiger partial charge in [-0.05, 0) is 43.3 Å². The van der Waals surface area contributed by atoms with Crippen molar-refractivity contribution in [3.05, 3.63) is 47.8 Å². The lowest BCUT2D eigenvalue weighted by Gasteiger charge is -2.18. The van der Waals surface area contributed by atoms with Gasteiger partial charge in [-0.25, -0.2) is 4.98 Å². The zero-order valence-corrected chi connectivity index (χ0v) is 13.9. The molecule has 1 aliphatic heterocycles. The van der Waals surface area contributed by atoms with Crippen LogP contribution in [0.2, 0.25) is 0 Å². The number of hydrogen-bond donors (Lipinski definition) is 4. The van der Waals surface area contributed by atoms with Crippen LogP contribution in [-0.4, -0.2) is 33.5 Å². The summed E-state index contributed by atoms with van der Waals surface area (Å²) in [5, 5.41) is 15.1. The topological polar surface area (TPSA) is 116 Å². The molecule has 2 heterocycles. The molecule has 0 aliphatic carbocycles. The van der Waals surface area contributed by atoms with Crippen LogP contribution in [0, 0.1) is 0 Å². The Bertz CT molecular complexity index is 1030. The van der Waals surface area contributed by atoms with E-state index in [0.717, 1.165) is 5.52 Å². The molecular formula is C18H16N4O4. The van der Waals surface area contributed by atoms with Gasteiger partial charge in [-0.3, -0.25) is 9.59 Å². The van der Waals surface area contributed by atoms with Crippen molar-refractivity contribution in [1.29, 1.82) is 0 Å². The van der Waals surface area contributed by atoms with E-state index in [9.17, 15) is 14.7 Å². The molecule has 26 heavy (non-hydrogen) atoms. The number of nitrogens with zero attached hydrogens (tertiary/aromatic N) is 1. The van der Waals surface area contributed by atoms with Gasteiger partial charge in [0, 0.05) is 11.3 Å². The average Bonchev–Trinajstić information content (AvgIpc) is 3.05. The van der Waals surface area contributed by atoms with Gasteiger partial charge < -0.3 is 25.5 Å². The van der Waals surface area contributed by atoms with Gasteiger partial charge >= 0.3 is 0 Å². The summed E-state index contributed by atoms with van der Waals surface area (Å²) >= 11 is 0. The van der Waals surface area contributed by atoms with E-state index >= 15 is 0 Å². The predicted molar refractivity (Wildman–Crippen MR) is 95.2 cm³/mol. The van der Waals surface area contributed by atoms with Gasteiger partial charge in [0.25, 0.3) is 11.8 Å². The number of rotatable bonds is 3. The summed E-state index contributed by atoms with van der Waals surface area (Å²) in [5.74, 6) is 0.405. The minimum Gasteiger partial charge on any atom is -0.482 e. The Morgan fingerprint density at radius 2 is 2.15 bits per heavy atom. The fraction of sp³-hybridized carbons (Fsp3) is 0.167. The van der Waals surface area contributed by atoms with Crippen molar-refractivity contribution in [3.63, 3.8) is 0 Å². The molecule has 4 N–H and O–H groups in total. The van der Waals surface area contributed by atoms with E-state index in [1.165, 1.54) is 0 Å². The number of benzene rings is 2. The number of ether oxygens (including phenoxy) is 1. The Hall–Kier alpha value is -3.39.